The van der Waals surface area contributed by atoms with Crippen LogP contribution in [-0.4, -0.2) is 124 Å². The predicted molar refractivity (Wildman–Crippen MR) is 145 cm³/mol. The van der Waals surface area contributed by atoms with Gasteiger partial charge in [-0.25, -0.2) is 0 Å². The Morgan fingerprint density at radius 2 is 1.73 bits per heavy atom. The van der Waals surface area contributed by atoms with E-state index in [1.165, 1.54) is 44.6 Å². The van der Waals surface area contributed by atoms with Gasteiger partial charge in [-0.1, -0.05) is 0 Å². The second-order valence-corrected chi connectivity index (χ2v) is 10.3. The van der Waals surface area contributed by atoms with E-state index in [0.717, 1.165) is 0 Å². The maximum Gasteiger partial charge on any atom is 0.238 e. The van der Waals surface area contributed by atoms with Gasteiger partial charge in [-0.15, -0.1) is 0 Å². The van der Waals surface area contributed by atoms with Crippen molar-refractivity contribution >= 4 is 11.0 Å². The van der Waals surface area contributed by atoms with Crippen LogP contribution in [0.2, 0.25) is 0 Å². The second-order valence-electron chi connectivity index (χ2n) is 10.3. The fraction of sp³-hybridized carbons (Fsp3) is 0.464. The minimum absolute atomic E-state index is 0.00783. The molecule has 2 aliphatic heterocycles. The number of hydrogen-bond acceptors (Lipinski definition) is 16. The highest BCUT2D eigenvalue weighted by molar-refractivity contribution is 5.88. The summed E-state index contributed by atoms with van der Waals surface area (Å²) in [7, 11) is 2.64. The molecule has 0 radical (unpaired) electrons. The van der Waals surface area contributed by atoms with Gasteiger partial charge in [0.25, 0.3) is 0 Å². The van der Waals surface area contributed by atoms with Crippen molar-refractivity contribution in [2.24, 2.45) is 0 Å². The van der Waals surface area contributed by atoms with Gasteiger partial charge in [-0.2, -0.15) is 0 Å². The normalized spacial score (nSPS) is 30.4. The van der Waals surface area contributed by atoms with Gasteiger partial charge in [-0.3, -0.25) is 4.79 Å². The molecule has 0 spiro atoms. The SMILES string of the molecule is COc1cc(O)c2c(=O)c(O)c(-c3ccc(OC4OC(CO)C(O)C(O)C4OC4OCC(O)(CO)C4O)c(OC)c3)oc2c1. The third-order valence-corrected chi connectivity index (χ3v) is 7.52. The first kappa shape index (κ1) is 31.7. The van der Waals surface area contributed by atoms with E-state index in [1.807, 2.05) is 0 Å². The molecule has 5 rings (SSSR count). The summed E-state index contributed by atoms with van der Waals surface area (Å²) < 4.78 is 38.7. The summed E-state index contributed by atoms with van der Waals surface area (Å²) in [5, 5.41) is 81.7. The molecule has 8 unspecified atom stereocenters. The van der Waals surface area contributed by atoms with Crippen LogP contribution in [0.5, 0.6) is 28.7 Å². The third kappa shape index (κ3) is 5.51. The molecule has 44 heavy (non-hydrogen) atoms. The van der Waals surface area contributed by atoms with Gasteiger partial charge >= 0.3 is 0 Å². The Balaban J connectivity index is 1.48. The van der Waals surface area contributed by atoms with Crippen LogP contribution in [0.15, 0.2) is 39.5 Å². The van der Waals surface area contributed by atoms with Gasteiger partial charge < -0.3 is 73.7 Å². The quantitative estimate of drug-likeness (QED) is 0.135. The van der Waals surface area contributed by atoms with E-state index in [2.05, 4.69) is 0 Å². The lowest BCUT2D eigenvalue weighted by Gasteiger charge is -2.42. The molecule has 0 bridgehead atoms. The van der Waals surface area contributed by atoms with E-state index in [4.69, 9.17) is 32.8 Å². The molecule has 16 nitrogen and oxygen atoms in total. The molecule has 2 saturated heterocycles. The van der Waals surface area contributed by atoms with Crippen molar-refractivity contribution in [1.82, 2.24) is 0 Å². The van der Waals surface area contributed by atoms with E-state index in [1.54, 1.807) is 0 Å². The van der Waals surface area contributed by atoms with Crippen molar-refractivity contribution in [3.8, 4) is 40.1 Å². The third-order valence-electron chi connectivity index (χ3n) is 7.52. The lowest BCUT2D eigenvalue weighted by Crippen LogP contribution is -2.62. The number of phenolic OH excluding ortho intramolecular Hbond substituents is 1. The Bertz CT molecular complexity index is 1560. The number of rotatable bonds is 9. The summed E-state index contributed by atoms with van der Waals surface area (Å²) >= 11 is 0. The fourth-order valence-electron chi connectivity index (χ4n) is 4.97. The maximum atomic E-state index is 12.9. The van der Waals surface area contributed by atoms with Crippen LogP contribution in [0.1, 0.15) is 0 Å². The molecule has 16 heteroatoms. The van der Waals surface area contributed by atoms with Gasteiger partial charge in [0.2, 0.25) is 17.5 Å². The van der Waals surface area contributed by atoms with Gasteiger partial charge in [0.15, 0.2) is 29.7 Å². The topological polar surface area (TPSA) is 247 Å². The summed E-state index contributed by atoms with van der Waals surface area (Å²) in [4.78, 5) is 12.9. The van der Waals surface area contributed by atoms with Crippen LogP contribution < -0.4 is 19.6 Å². The number of fused-ring (bicyclic) bond motifs is 1. The second kappa shape index (κ2) is 12.4. The number of aliphatic hydroxyl groups excluding tert-OH is 5. The molecule has 3 heterocycles. The minimum Gasteiger partial charge on any atom is -0.507 e. The number of ether oxygens (including phenoxy) is 6. The zero-order chi connectivity index (χ0) is 31.9. The molecule has 1 aromatic heterocycles. The molecule has 2 aromatic carbocycles. The van der Waals surface area contributed by atoms with Crippen LogP contribution in [0, 0.1) is 0 Å². The van der Waals surface area contributed by atoms with Crippen LogP contribution in [0.25, 0.3) is 22.3 Å². The summed E-state index contributed by atoms with van der Waals surface area (Å²) in [6.07, 6.45) is -11.2. The van der Waals surface area contributed by atoms with Crippen LogP contribution in [0.3, 0.4) is 0 Å². The lowest BCUT2D eigenvalue weighted by molar-refractivity contribution is -0.319. The molecule has 240 valence electrons. The number of aromatic hydroxyl groups is 2. The number of hydrogen-bond donors (Lipinski definition) is 8. The molecule has 0 saturated carbocycles. The first-order chi connectivity index (χ1) is 21.0. The number of aliphatic hydroxyl groups is 6. The molecule has 8 atom stereocenters. The van der Waals surface area contributed by atoms with Crippen LogP contribution >= 0.6 is 0 Å². The zero-order valence-electron chi connectivity index (χ0n) is 23.4. The minimum atomic E-state index is -2.04. The van der Waals surface area contributed by atoms with Gasteiger partial charge in [-0.05, 0) is 18.2 Å². The van der Waals surface area contributed by atoms with Crippen molar-refractivity contribution in [2.45, 2.75) is 48.7 Å². The molecule has 2 aliphatic rings. The summed E-state index contributed by atoms with van der Waals surface area (Å²) in [5.74, 6) is -1.34. The molecule has 0 amide bonds. The summed E-state index contributed by atoms with van der Waals surface area (Å²) in [6.45, 7) is -2.06. The van der Waals surface area contributed by atoms with Gasteiger partial charge in [0.05, 0.1) is 34.0 Å². The number of methoxy groups -OCH3 is 2. The smallest absolute Gasteiger partial charge is 0.238 e. The molecule has 2 fully saturated rings. The van der Waals surface area contributed by atoms with E-state index in [-0.39, 0.29) is 39.5 Å². The Morgan fingerprint density at radius 1 is 0.977 bits per heavy atom. The van der Waals surface area contributed by atoms with Crippen molar-refractivity contribution in [3.05, 3.63) is 40.6 Å². The van der Waals surface area contributed by atoms with E-state index < -0.39 is 85.4 Å². The fourth-order valence-corrected chi connectivity index (χ4v) is 4.97. The summed E-state index contributed by atoms with van der Waals surface area (Å²) in [6, 6.07) is 6.64. The van der Waals surface area contributed by atoms with E-state index >= 15 is 0 Å². The maximum absolute atomic E-state index is 12.9. The predicted octanol–water partition coefficient (Wildman–Crippen LogP) is -1.47. The molecular weight excluding hydrogens is 592 g/mol. The lowest BCUT2D eigenvalue weighted by atomic mass is 9.98. The Morgan fingerprint density at radius 3 is 2.36 bits per heavy atom. The number of phenols is 1. The first-order valence-electron chi connectivity index (χ1n) is 13.3. The largest absolute Gasteiger partial charge is 0.507 e. The highest BCUT2D eigenvalue weighted by Gasteiger charge is 2.53. The molecule has 0 aliphatic carbocycles. The van der Waals surface area contributed by atoms with Gasteiger partial charge in [0, 0.05) is 17.7 Å². The standard InChI is InChI=1S/C28H32O16/c1-38-12-6-13(31)18-16(7-12)41-23(22(35)20(18)33)11-3-4-14(15(5-11)39-2)42-26-24(21(34)19(32)17(8-29)43-26)44-27-25(36)28(37,9-30)10-40-27/h3-7,17,19,21,24-27,29-32,34-37H,8-10H2,1-2H3. The average molecular weight is 625 g/mol. The Kier molecular flexibility index (Phi) is 8.90. The molecular formula is C28H32O16. The van der Waals surface area contributed by atoms with Crippen molar-refractivity contribution in [1.29, 1.82) is 0 Å². The number of benzene rings is 2. The highest BCUT2D eigenvalue weighted by atomic mass is 16.8. The van der Waals surface area contributed by atoms with Gasteiger partial charge in [0.1, 0.15) is 52.5 Å². The first-order valence-corrected chi connectivity index (χ1v) is 13.3. The van der Waals surface area contributed by atoms with E-state index in [9.17, 15) is 45.6 Å². The van der Waals surface area contributed by atoms with E-state index in [0.29, 0.717) is 0 Å². The Labute approximate surface area is 248 Å². The van der Waals surface area contributed by atoms with Crippen LogP contribution in [0.4, 0.5) is 0 Å². The summed E-state index contributed by atoms with van der Waals surface area (Å²) in [5.41, 5.74) is -2.86. The van der Waals surface area contributed by atoms with Crippen molar-refractivity contribution in [3.63, 3.8) is 0 Å². The highest BCUT2D eigenvalue weighted by Crippen LogP contribution is 2.40. The monoisotopic (exact) mass is 624 g/mol. The molecule has 3 aromatic rings. The Hall–Kier alpha value is -3.71. The average Bonchev–Trinajstić information content (AvgIpc) is 3.31. The van der Waals surface area contributed by atoms with Crippen molar-refractivity contribution < 1.29 is 73.7 Å². The molecule has 8 N–H and O–H groups in total. The zero-order valence-corrected chi connectivity index (χ0v) is 23.4. The van der Waals surface area contributed by atoms with Crippen molar-refractivity contribution in [2.75, 3.05) is 34.0 Å². The van der Waals surface area contributed by atoms with Crippen LogP contribution in [-0.2, 0) is 14.2 Å².